The number of rotatable bonds is 9. The predicted octanol–water partition coefficient (Wildman–Crippen LogP) is 4.02. The number of carboxylic acids is 1. The van der Waals surface area contributed by atoms with Crippen LogP contribution in [0.15, 0.2) is 84.6 Å². The molecule has 0 aliphatic carbocycles. The molecule has 0 unspecified atom stereocenters. The van der Waals surface area contributed by atoms with Crippen molar-refractivity contribution in [1.82, 2.24) is 14.9 Å². The van der Waals surface area contributed by atoms with Crippen LogP contribution in [0.3, 0.4) is 0 Å². The molecule has 4 rings (SSSR count). The summed E-state index contributed by atoms with van der Waals surface area (Å²) >= 11 is 0. The Morgan fingerprint density at radius 3 is 2.19 bits per heavy atom. The van der Waals surface area contributed by atoms with Crippen LogP contribution in [0.2, 0.25) is 0 Å². The Kier molecular flexibility index (Phi) is 9.42. The van der Waals surface area contributed by atoms with Crippen LogP contribution in [0.4, 0.5) is 0 Å². The molecule has 192 valence electrons. The zero-order valence-electron chi connectivity index (χ0n) is 20.6. The van der Waals surface area contributed by atoms with E-state index in [1.807, 2.05) is 68.6 Å². The minimum atomic E-state index is -1.04. The van der Waals surface area contributed by atoms with Gasteiger partial charge < -0.3 is 14.8 Å². The molecule has 0 fully saturated rings. The van der Waals surface area contributed by atoms with Gasteiger partial charge in [0.2, 0.25) is 5.91 Å². The number of pyridine rings is 1. The molecule has 10 nitrogen and oxygen atoms in total. The van der Waals surface area contributed by atoms with Gasteiger partial charge in [0.25, 0.3) is 12.6 Å². The van der Waals surface area contributed by atoms with Crippen LogP contribution >= 0.6 is 0 Å². The number of carbonyl (C=O) groups excluding carboxylic acids is 1. The number of nitrogens with zero attached hydrogens (tertiary/aromatic N) is 4. The Morgan fingerprint density at radius 2 is 1.65 bits per heavy atom. The molecule has 0 saturated heterocycles. The second-order valence-electron chi connectivity index (χ2n) is 8.70. The van der Waals surface area contributed by atoms with E-state index in [4.69, 9.17) is 9.90 Å². The molecular formula is C27H30N5O5+. The highest BCUT2D eigenvalue weighted by Gasteiger charge is 2.33. The van der Waals surface area contributed by atoms with Crippen LogP contribution in [-0.4, -0.2) is 55.5 Å². The van der Waals surface area contributed by atoms with Gasteiger partial charge >= 0.3 is 5.97 Å². The van der Waals surface area contributed by atoms with Gasteiger partial charge in [-0.2, -0.15) is 0 Å². The molecule has 37 heavy (non-hydrogen) atoms. The van der Waals surface area contributed by atoms with E-state index in [2.05, 4.69) is 15.4 Å². The lowest BCUT2D eigenvalue weighted by Crippen LogP contribution is -2.48. The summed E-state index contributed by atoms with van der Waals surface area (Å²) < 4.78 is 3.47. The number of aliphatic carboxylic acids is 1. The predicted molar refractivity (Wildman–Crippen MR) is 137 cm³/mol. The first-order valence-corrected chi connectivity index (χ1v) is 11.7. The number of hydrogen-bond donors (Lipinski definition) is 3. The SMILES string of the molecule is CC(C)[C@H](NC(=O)[C@@H](CC(=O)O)n1ccc(-c2ccc(-c3ccncc3)cc2)c1)[N+]1=NC=CC1.O=CO. The minimum absolute atomic E-state index is 0.0946. The maximum Gasteiger partial charge on any atom is 0.306 e. The molecule has 0 bridgehead atoms. The third-order valence-electron chi connectivity index (χ3n) is 5.83. The molecule has 0 saturated carbocycles. The molecule has 0 radical (unpaired) electrons. The van der Waals surface area contributed by atoms with Gasteiger partial charge in [0.05, 0.1) is 12.6 Å². The summed E-state index contributed by atoms with van der Waals surface area (Å²) in [7, 11) is 0. The topological polar surface area (TPSA) is 137 Å². The highest BCUT2D eigenvalue weighted by molar-refractivity contribution is 5.85. The highest BCUT2D eigenvalue weighted by Crippen LogP contribution is 2.26. The van der Waals surface area contributed by atoms with Gasteiger partial charge in [-0.15, -0.1) is 0 Å². The molecule has 3 aromatic rings. The zero-order valence-corrected chi connectivity index (χ0v) is 20.6. The van der Waals surface area contributed by atoms with Crippen molar-refractivity contribution in [2.75, 3.05) is 6.54 Å². The number of hydrogen-bond acceptors (Lipinski definition) is 5. The van der Waals surface area contributed by atoms with Gasteiger partial charge in [-0.3, -0.25) is 24.7 Å². The van der Waals surface area contributed by atoms with Crippen LogP contribution < -0.4 is 5.32 Å². The molecule has 1 amide bonds. The van der Waals surface area contributed by atoms with Gasteiger partial charge in [0.1, 0.15) is 6.04 Å². The van der Waals surface area contributed by atoms with Crippen molar-refractivity contribution in [3.05, 3.63) is 79.5 Å². The first kappa shape index (κ1) is 27.0. The number of benzene rings is 1. The Hall–Kier alpha value is -4.60. The number of azo groups is 2. The monoisotopic (exact) mass is 504 g/mol. The van der Waals surface area contributed by atoms with Gasteiger partial charge in [-0.05, 0) is 45.6 Å². The molecule has 1 aromatic carbocycles. The smallest absolute Gasteiger partial charge is 0.306 e. The van der Waals surface area contributed by atoms with E-state index in [1.54, 1.807) is 34.1 Å². The summed E-state index contributed by atoms with van der Waals surface area (Å²) in [5.41, 5.74) is 4.05. The minimum Gasteiger partial charge on any atom is -0.483 e. The van der Waals surface area contributed by atoms with Crippen molar-refractivity contribution in [1.29, 1.82) is 0 Å². The summed E-state index contributed by atoms with van der Waals surface area (Å²) in [5.74, 6) is -1.29. The summed E-state index contributed by atoms with van der Waals surface area (Å²) in [5, 5.41) is 23.7. The van der Waals surface area contributed by atoms with Gasteiger partial charge in [0, 0.05) is 36.8 Å². The van der Waals surface area contributed by atoms with Crippen molar-refractivity contribution in [2.45, 2.75) is 32.5 Å². The van der Waals surface area contributed by atoms with E-state index in [-0.39, 0.29) is 30.9 Å². The standard InChI is InChI=1S/C26H27N5O3.CH2O2/c1-18(2)25(31-14-3-11-28-31)29-26(34)23(16-24(32)33)30-15-10-22(17-30)20-6-4-19(5-7-20)21-8-12-27-13-9-21;2-1-3/h3-13,15,17-18,23,25H,14,16H2,1-2H3,(H-,29,32,33,34);1H,(H,2,3)/p+1/t23-,25-;/m1./s1. The number of aromatic nitrogens is 2. The van der Waals surface area contributed by atoms with Crippen molar-refractivity contribution in [2.24, 2.45) is 11.0 Å². The van der Waals surface area contributed by atoms with Crippen molar-refractivity contribution in [3.63, 3.8) is 0 Å². The number of carbonyl (C=O) groups is 3. The Morgan fingerprint density at radius 1 is 1.05 bits per heavy atom. The number of amides is 1. The fraction of sp³-hybridized carbons (Fsp3) is 0.259. The van der Waals surface area contributed by atoms with E-state index in [1.165, 1.54) is 0 Å². The van der Waals surface area contributed by atoms with Crippen molar-refractivity contribution < 1.29 is 29.3 Å². The summed E-state index contributed by atoms with van der Waals surface area (Å²) in [6.07, 6.45) is 10.1. The third kappa shape index (κ3) is 7.20. The number of nitrogens with one attached hydrogen (secondary N) is 1. The first-order chi connectivity index (χ1) is 17.8. The van der Waals surface area contributed by atoms with Crippen molar-refractivity contribution >= 4 is 18.3 Å². The van der Waals surface area contributed by atoms with E-state index in [0.717, 1.165) is 22.3 Å². The summed E-state index contributed by atoms with van der Waals surface area (Å²) in [6.45, 7) is 4.35. The summed E-state index contributed by atoms with van der Waals surface area (Å²) in [6, 6.07) is 13.0. The molecule has 3 N–H and O–H groups in total. The molecule has 3 heterocycles. The maximum absolute atomic E-state index is 13.2. The van der Waals surface area contributed by atoms with Crippen LogP contribution in [0.25, 0.3) is 22.3 Å². The van der Waals surface area contributed by atoms with Gasteiger partial charge in [0.15, 0.2) is 6.54 Å². The molecule has 2 aromatic heterocycles. The lowest BCUT2D eigenvalue weighted by Gasteiger charge is -2.21. The highest BCUT2D eigenvalue weighted by atomic mass is 16.4. The van der Waals surface area contributed by atoms with E-state index >= 15 is 0 Å². The van der Waals surface area contributed by atoms with Gasteiger partial charge in [-0.1, -0.05) is 42.8 Å². The van der Waals surface area contributed by atoms with E-state index in [9.17, 15) is 14.7 Å². The quantitative estimate of drug-likeness (QED) is 0.297. The Labute approximate surface area is 214 Å². The molecular weight excluding hydrogens is 474 g/mol. The fourth-order valence-corrected chi connectivity index (χ4v) is 4.02. The van der Waals surface area contributed by atoms with E-state index < -0.39 is 12.0 Å². The van der Waals surface area contributed by atoms with Crippen LogP contribution in [0.5, 0.6) is 0 Å². The normalized spacial score (nSPS) is 13.8. The second kappa shape index (κ2) is 12.9. The first-order valence-electron chi connectivity index (χ1n) is 11.7. The number of carboxylic acid groups (broad SMARTS) is 2. The van der Waals surface area contributed by atoms with E-state index in [0.29, 0.717) is 6.54 Å². The lowest BCUT2D eigenvalue weighted by molar-refractivity contribution is -0.622. The van der Waals surface area contributed by atoms with Crippen molar-refractivity contribution in [3.8, 4) is 22.3 Å². The fourth-order valence-electron chi connectivity index (χ4n) is 4.02. The van der Waals surface area contributed by atoms with Crippen LogP contribution in [-0.2, 0) is 14.4 Å². The Bertz CT molecular complexity index is 1270. The average Bonchev–Trinajstić information content (AvgIpc) is 3.59. The Balaban J connectivity index is 0.00000121. The molecule has 2 atom stereocenters. The largest absolute Gasteiger partial charge is 0.483 e. The zero-order chi connectivity index (χ0) is 26.8. The van der Waals surface area contributed by atoms with Crippen LogP contribution in [0.1, 0.15) is 26.3 Å². The van der Waals surface area contributed by atoms with Gasteiger partial charge in [-0.25, -0.2) is 0 Å². The molecule has 1 aliphatic rings. The third-order valence-corrected chi connectivity index (χ3v) is 5.83. The molecule has 10 heteroatoms. The average molecular weight is 505 g/mol. The van der Waals surface area contributed by atoms with Crippen LogP contribution in [0, 0.1) is 5.92 Å². The lowest BCUT2D eigenvalue weighted by atomic mass is 10.0. The molecule has 0 spiro atoms. The second-order valence-corrected chi connectivity index (χ2v) is 8.70. The molecule has 1 aliphatic heterocycles. The summed E-state index contributed by atoms with van der Waals surface area (Å²) in [4.78, 5) is 37.2. The maximum atomic E-state index is 13.2.